The first kappa shape index (κ1) is 21.5. The Bertz CT molecular complexity index is 1210. The molecule has 2 aromatic carbocycles. The van der Waals surface area contributed by atoms with Crippen molar-refractivity contribution in [2.75, 3.05) is 6.54 Å². The van der Waals surface area contributed by atoms with Crippen molar-refractivity contribution in [3.63, 3.8) is 0 Å². The molecule has 32 heavy (non-hydrogen) atoms. The number of nitrogens with zero attached hydrogens (tertiary/aromatic N) is 3. The molecule has 166 valence electrons. The molecule has 1 aliphatic heterocycles. The molecule has 7 nitrogen and oxygen atoms in total. The van der Waals surface area contributed by atoms with Crippen molar-refractivity contribution in [1.82, 2.24) is 20.4 Å². The molecule has 1 N–H and O–H groups in total. The first-order chi connectivity index (χ1) is 15.2. The number of halogens is 3. The predicted molar refractivity (Wildman–Crippen MR) is 107 cm³/mol. The monoisotopic (exact) mass is 444 g/mol. The molecule has 0 saturated carbocycles. The molecule has 1 aromatic heterocycles. The van der Waals surface area contributed by atoms with Gasteiger partial charge in [-0.15, -0.1) is 0 Å². The summed E-state index contributed by atoms with van der Waals surface area (Å²) in [4.78, 5) is 30.4. The fourth-order valence-corrected chi connectivity index (χ4v) is 3.57. The third kappa shape index (κ3) is 3.83. The van der Waals surface area contributed by atoms with Crippen LogP contribution < -0.4 is 5.32 Å². The maximum Gasteiger partial charge on any atom is 0.325 e. The normalized spacial score (nSPS) is 18.3. The van der Waals surface area contributed by atoms with E-state index in [2.05, 4.69) is 15.5 Å². The van der Waals surface area contributed by atoms with Gasteiger partial charge in [0, 0.05) is 30.2 Å². The third-order valence-corrected chi connectivity index (χ3v) is 5.42. The molecular formula is C22H19F3N4O3. The van der Waals surface area contributed by atoms with Crippen LogP contribution in [0.2, 0.25) is 0 Å². The van der Waals surface area contributed by atoms with E-state index in [1.807, 2.05) is 0 Å². The Hall–Kier alpha value is -3.69. The van der Waals surface area contributed by atoms with Gasteiger partial charge < -0.3 is 9.84 Å². The quantitative estimate of drug-likeness (QED) is 0.584. The van der Waals surface area contributed by atoms with Crippen LogP contribution in [0.5, 0.6) is 0 Å². The summed E-state index contributed by atoms with van der Waals surface area (Å²) in [5, 5.41) is 6.31. The number of amides is 3. The van der Waals surface area contributed by atoms with Crippen LogP contribution in [0.15, 0.2) is 40.9 Å². The second-order valence-corrected chi connectivity index (χ2v) is 7.72. The second-order valence-electron chi connectivity index (χ2n) is 7.72. The van der Waals surface area contributed by atoms with Gasteiger partial charge in [-0.2, -0.15) is 4.98 Å². The standard InChI is InChI=1S/C22H19F3N4O3/c1-12-5-6-13(10-16(12)24)19-26-18(32-28-19)4-3-9-29-20(30)22(2,27-21(29)31)15-8-7-14(23)11-17(15)25/h5-8,10-11H,3-4,9H2,1-2H3,(H,27,31). The molecule has 1 fully saturated rings. The summed E-state index contributed by atoms with van der Waals surface area (Å²) in [7, 11) is 0. The lowest BCUT2D eigenvalue weighted by Crippen LogP contribution is -2.41. The average molecular weight is 444 g/mol. The van der Waals surface area contributed by atoms with Gasteiger partial charge in [-0.1, -0.05) is 23.4 Å². The fourth-order valence-electron chi connectivity index (χ4n) is 3.57. The van der Waals surface area contributed by atoms with Crippen LogP contribution in [0.4, 0.5) is 18.0 Å². The highest BCUT2D eigenvalue weighted by Crippen LogP contribution is 2.31. The number of rotatable bonds is 6. The Kier molecular flexibility index (Phi) is 5.45. The molecule has 1 atom stereocenters. The molecule has 10 heteroatoms. The Morgan fingerprint density at radius 1 is 1.09 bits per heavy atom. The van der Waals surface area contributed by atoms with Crippen LogP contribution in [-0.2, 0) is 16.8 Å². The summed E-state index contributed by atoms with van der Waals surface area (Å²) in [5.41, 5.74) is -0.790. The van der Waals surface area contributed by atoms with Crippen molar-refractivity contribution in [2.24, 2.45) is 0 Å². The number of carbonyl (C=O) groups is 2. The molecule has 1 saturated heterocycles. The molecule has 0 aliphatic carbocycles. The highest BCUT2D eigenvalue weighted by Gasteiger charge is 2.50. The van der Waals surface area contributed by atoms with Gasteiger partial charge in [-0.3, -0.25) is 9.69 Å². The minimum absolute atomic E-state index is 0.0277. The minimum atomic E-state index is -1.64. The lowest BCUT2D eigenvalue weighted by molar-refractivity contribution is -0.131. The van der Waals surface area contributed by atoms with Crippen molar-refractivity contribution < 1.29 is 27.3 Å². The van der Waals surface area contributed by atoms with Crippen molar-refractivity contribution in [3.05, 3.63) is 70.9 Å². The maximum atomic E-state index is 14.2. The zero-order valence-electron chi connectivity index (χ0n) is 17.3. The summed E-state index contributed by atoms with van der Waals surface area (Å²) in [5.74, 6) is -2.24. The molecular weight excluding hydrogens is 425 g/mol. The second kappa shape index (κ2) is 8.10. The van der Waals surface area contributed by atoms with Crippen LogP contribution >= 0.6 is 0 Å². The van der Waals surface area contributed by atoms with E-state index >= 15 is 0 Å². The molecule has 0 bridgehead atoms. The first-order valence-corrected chi connectivity index (χ1v) is 9.88. The maximum absolute atomic E-state index is 14.2. The van der Waals surface area contributed by atoms with Crippen LogP contribution in [-0.4, -0.2) is 33.5 Å². The van der Waals surface area contributed by atoms with Gasteiger partial charge in [0.15, 0.2) is 0 Å². The third-order valence-electron chi connectivity index (χ3n) is 5.42. The van der Waals surface area contributed by atoms with Gasteiger partial charge in [0.1, 0.15) is 23.0 Å². The van der Waals surface area contributed by atoms with E-state index < -0.39 is 29.1 Å². The summed E-state index contributed by atoms with van der Waals surface area (Å²) < 4.78 is 46.4. The van der Waals surface area contributed by atoms with E-state index in [-0.39, 0.29) is 36.1 Å². The highest BCUT2D eigenvalue weighted by atomic mass is 19.1. The van der Waals surface area contributed by atoms with Gasteiger partial charge in [0.25, 0.3) is 5.91 Å². The van der Waals surface area contributed by atoms with Crippen LogP contribution in [0.1, 0.15) is 30.4 Å². The van der Waals surface area contributed by atoms with E-state index in [0.717, 1.165) is 17.0 Å². The zero-order chi connectivity index (χ0) is 23.0. The number of urea groups is 1. The van der Waals surface area contributed by atoms with E-state index in [1.165, 1.54) is 13.0 Å². The summed E-state index contributed by atoms with van der Waals surface area (Å²) in [6.07, 6.45) is 0.574. The molecule has 3 amide bonds. The minimum Gasteiger partial charge on any atom is -0.339 e. The number of aromatic nitrogens is 2. The number of aryl methyl sites for hydroxylation is 2. The summed E-state index contributed by atoms with van der Waals surface area (Å²) >= 11 is 0. The number of hydrogen-bond donors (Lipinski definition) is 1. The zero-order valence-corrected chi connectivity index (χ0v) is 17.3. The number of nitrogens with one attached hydrogen (secondary N) is 1. The Labute approximate surface area is 181 Å². The van der Waals surface area contributed by atoms with Crippen LogP contribution in [0.3, 0.4) is 0 Å². The van der Waals surface area contributed by atoms with E-state index in [4.69, 9.17) is 4.52 Å². The van der Waals surface area contributed by atoms with Crippen LogP contribution in [0.25, 0.3) is 11.4 Å². The van der Waals surface area contributed by atoms with E-state index in [0.29, 0.717) is 23.6 Å². The van der Waals surface area contributed by atoms with Gasteiger partial charge in [-0.05, 0) is 38.0 Å². The number of hydrogen-bond acceptors (Lipinski definition) is 5. The molecule has 0 spiro atoms. The first-order valence-electron chi connectivity index (χ1n) is 9.88. The lowest BCUT2D eigenvalue weighted by atomic mass is 9.91. The molecule has 2 heterocycles. The van der Waals surface area contributed by atoms with Gasteiger partial charge in [0.2, 0.25) is 11.7 Å². The molecule has 4 rings (SSSR count). The van der Waals surface area contributed by atoms with Crippen LogP contribution in [0, 0.1) is 24.4 Å². The van der Waals surface area contributed by atoms with Crippen molar-refractivity contribution in [1.29, 1.82) is 0 Å². The molecule has 3 aromatic rings. The van der Waals surface area contributed by atoms with E-state index in [1.54, 1.807) is 19.1 Å². The topological polar surface area (TPSA) is 88.3 Å². The number of benzene rings is 2. The van der Waals surface area contributed by atoms with Crippen molar-refractivity contribution in [3.8, 4) is 11.4 Å². The van der Waals surface area contributed by atoms with E-state index in [9.17, 15) is 22.8 Å². The Balaban J connectivity index is 1.41. The lowest BCUT2D eigenvalue weighted by Gasteiger charge is -2.22. The summed E-state index contributed by atoms with van der Waals surface area (Å²) in [6, 6.07) is 6.75. The van der Waals surface area contributed by atoms with Gasteiger partial charge in [-0.25, -0.2) is 18.0 Å². The fraction of sp³-hybridized carbons (Fsp3) is 0.273. The summed E-state index contributed by atoms with van der Waals surface area (Å²) in [6.45, 7) is 3.04. The largest absolute Gasteiger partial charge is 0.339 e. The molecule has 1 aliphatic rings. The number of carbonyl (C=O) groups excluding carboxylic acids is 2. The highest BCUT2D eigenvalue weighted by molar-refractivity contribution is 6.07. The Morgan fingerprint density at radius 2 is 1.88 bits per heavy atom. The van der Waals surface area contributed by atoms with Gasteiger partial charge in [0.05, 0.1) is 0 Å². The smallest absolute Gasteiger partial charge is 0.325 e. The molecule has 1 unspecified atom stereocenters. The number of imide groups is 1. The van der Waals surface area contributed by atoms with Crippen molar-refractivity contribution in [2.45, 2.75) is 32.2 Å². The Morgan fingerprint density at radius 3 is 2.59 bits per heavy atom. The average Bonchev–Trinajstić information content (AvgIpc) is 3.29. The predicted octanol–water partition coefficient (Wildman–Crippen LogP) is 3.86. The van der Waals surface area contributed by atoms with Gasteiger partial charge >= 0.3 is 6.03 Å². The molecule has 0 radical (unpaired) electrons. The van der Waals surface area contributed by atoms with Crippen molar-refractivity contribution >= 4 is 11.9 Å². The SMILES string of the molecule is Cc1ccc(-c2noc(CCCN3C(=O)NC(C)(c4ccc(F)cc4F)C3=O)n2)cc1F.